The Morgan fingerprint density at radius 3 is 2.46 bits per heavy atom. The molecular formula is C21H19NO2S2. The Kier molecular flexibility index (Phi) is 3.85. The Morgan fingerprint density at radius 2 is 1.65 bits per heavy atom. The first-order chi connectivity index (χ1) is 12.7. The van der Waals surface area contributed by atoms with E-state index in [-0.39, 0.29) is 5.37 Å². The van der Waals surface area contributed by atoms with Crippen molar-refractivity contribution in [3.8, 4) is 0 Å². The minimum Gasteiger partial charge on any atom is -0.207 e. The Bertz CT molecular complexity index is 1080. The Morgan fingerprint density at radius 1 is 0.885 bits per heavy atom. The number of benzene rings is 3. The first-order valence-corrected chi connectivity index (χ1v) is 11.4. The van der Waals surface area contributed by atoms with Crippen molar-refractivity contribution in [2.75, 3.05) is 12.3 Å². The van der Waals surface area contributed by atoms with Gasteiger partial charge >= 0.3 is 0 Å². The standard InChI is InChI=1S/C21H19NO2S2/c23-26(24,17-6-2-1-3-7-17)22-13-14-25-21(22)19-12-11-16-10-9-15-5-4-8-18(19)20(15)16/h1-8,11-12,21H,9-10,13-14H2. The largest absolute Gasteiger partial charge is 0.244 e. The van der Waals surface area contributed by atoms with Gasteiger partial charge in [0.2, 0.25) is 10.0 Å². The molecule has 0 aromatic heterocycles. The lowest BCUT2D eigenvalue weighted by Crippen LogP contribution is -2.30. The molecule has 132 valence electrons. The van der Waals surface area contributed by atoms with Crippen LogP contribution in [-0.2, 0) is 22.9 Å². The molecule has 1 fully saturated rings. The average molecular weight is 382 g/mol. The molecular weight excluding hydrogens is 362 g/mol. The molecule has 0 bridgehead atoms. The van der Waals surface area contributed by atoms with E-state index in [4.69, 9.17) is 0 Å². The molecule has 3 nitrogen and oxygen atoms in total. The predicted octanol–water partition coefficient (Wildman–Crippen LogP) is 4.37. The summed E-state index contributed by atoms with van der Waals surface area (Å²) in [5, 5.41) is 2.39. The van der Waals surface area contributed by atoms with Gasteiger partial charge in [-0.3, -0.25) is 0 Å². The predicted molar refractivity (Wildman–Crippen MR) is 107 cm³/mol. The minimum absolute atomic E-state index is 0.162. The third-order valence-electron chi connectivity index (χ3n) is 5.38. The summed E-state index contributed by atoms with van der Waals surface area (Å²) in [7, 11) is -3.50. The maximum absolute atomic E-state index is 13.2. The van der Waals surface area contributed by atoms with Gasteiger partial charge in [0.1, 0.15) is 0 Å². The SMILES string of the molecule is O=S(=O)(c1ccccc1)N1CCSC1c1ccc2c3c(cccc13)CC2. The van der Waals surface area contributed by atoms with E-state index in [1.165, 1.54) is 21.9 Å². The normalized spacial score (nSPS) is 20.1. The van der Waals surface area contributed by atoms with E-state index in [2.05, 4.69) is 30.3 Å². The van der Waals surface area contributed by atoms with Crippen LogP contribution in [0.1, 0.15) is 22.1 Å². The number of thioether (sulfide) groups is 1. The van der Waals surface area contributed by atoms with Crippen LogP contribution in [-0.4, -0.2) is 25.0 Å². The summed E-state index contributed by atoms with van der Waals surface area (Å²) >= 11 is 1.72. The van der Waals surface area contributed by atoms with Gasteiger partial charge in [0.05, 0.1) is 10.3 Å². The second-order valence-corrected chi connectivity index (χ2v) is 9.88. The lowest BCUT2D eigenvalue weighted by molar-refractivity contribution is 0.435. The fourth-order valence-electron chi connectivity index (χ4n) is 4.16. The van der Waals surface area contributed by atoms with Crippen molar-refractivity contribution in [2.24, 2.45) is 0 Å². The molecule has 1 aliphatic heterocycles. The summed E-state index contributed by atoms with van der Waals surface area (Å²) in [6.45, 7) is 0.551. The molecule has 2 aliphatic rings. The van der Waals surface area contributed by atoms with Gasteiger partial charge in [-0.05, 0) is 52.4 Å². The number of hydrogen-bond acceptors (Lipinski definition) is 3. The Hall–Kier alpha value is -1.82. The van der Waals surface area contributed by atoms with E-state index in [0.717, 1.165) is 24.2 Å². The van der Waals surface area contributed by atoms with Crippen molar-refractivity contribution in [1.29, 1.82) is 0 Å². The molecule has 3 aromatic carbocycles. The highest BCUT2D eigenvalue weighted by Gasteiger charge is 2.37. The third-order valence-corrected chi connectivity index (χ3v) is 8.63. The van der Waals surface area contributed by atoms with Crippen LogP contribution in [0.25, 0.3) is 10.8 Å². The van der Waals surface area contributed by atoms with Gasteiger partial charge < -0.3 is 0 Å². The van der Waals surface area contributed by atoms with Crippen LogP contribution in [0.3, 0.4) is 0 Å². The number of aryl methyl sites for hydroxylation is 2. The molecule has 5 rings (SSSR count). The zero-order valence-corrected chi connectivity index (χ0v) is 15.9. The fraction of sp³-hybridized carbons (Fsp3) is 0.238. The number of sulfonamides is 1. The second kappa shape index (κ2) is 6.12. The van der Waals surface area contributed by atoms with Crippen LogP contribution >= 0.6 is 11.8 Å². The van der Waals surface area contributed by atoms with Crippen LogP contribution in [0.2, 0.25) is 0 Å². The van der Waals surface area contributed by atoms with Crippen molar-refractivity contribution in [1.82, 2.24) is 4.31 Å². The minimum atomic E-state index is -3.50. The van der Waals surface area contributed by atoms with Gasteiger partial charge in [-0.25, -0.2) is 8.42 Å². The highest BCUT2D eigenvalue weighted by molar-refractivity contribution is 8.01. The van der Waals surface area contributed by atoms with Crippen molar-refractivity contribution < 1.29 is 8.42 Å². The van der Waals surface area contributed by atoms with Gasteiger partial charge in [-0.15, -0.1) is 11.8 Å². The summed E-state index contributed by atoms with van der Waals surface area (Å²) in [4.78, 5) is 0.374. The molecule has 26 heavy (non-hydrogen) atoms. The van der Waals surface area contributed by atoms with Gasteiger partial charge in [-0.2, -0.15) is 4.31 Å². The van der Waals surface area contributed by atoms with Crippen molar-refractivity contribution in [2.45, 2.75) is 23.1 Å². The van der Waals surface area contributed by atoms with E-state index in [9.17, 15) is 8.42 Å². The first kappa shape index (κ1) is 16.4. The number of rotatable bonds is 3. The molecule has 0 radical (unpaired) electrons. The molecule has 0 N–H and O–H groups in total. The molecule has 1 saturated heterocycles. The summed E-state index contributed by atoms with van der Waals surface area (Å²) in [5.74, 6) is 0.819. The summed E-state index contributed by atoms with van der Waals surface area (Å²) in [5.41, 5.74) is 3.90. The van der Waals surface area contributed by atoms with E-state index in [1.54, 1.807) is 40.3 Å². The molecule has 0 spiro atoms. The van der Waals surface area contributed by atoms with Crippen molar-refractivity contribution in [3.05, 3.63) is 77.4 Å². The number of nitrogens with zero attached hydrogens (tertiary/aromatic N) is 1. The quantitative estimate of drug-likeness (QED) is 0.676. The zero-order valence-electron chi connectivity index (χ0n) is 14.3. The lowest BCUT2D eigenvalue weighted by atomic mass is 10.00. The van der Waals surface area contributed by atoms with Gasteiger partial charge in [0, 0.05) is 12.3 Å². The highest BCUT2D eigenvalue weighted by atomic mass is 32.2. The lowest BCUT2D eigenvalue weighted by Gasteiger charge is -2.25. The van der Waals surface area contributed by atoms with Crippen LogP contribution < -0.4 is 0 Å². The molecule has 1 atom stereocenters. The van der Waals surface area contributed by atoms with E-state index in [1.807, 2.05) is 6.07 Å². The maximum Gasteiger partial charge on any atom is 0.244 e. The van der Waals surface area contributed by atoms with Gasteiger partial charge in [-0.1, -0.05) is 48.5 Å². The molecule has 3 aromatic rings. The van der Waals surface area contributed by atoms with Crippen LogP contribution in [0.5, 0.6) is 0 Å². The summed E-state index contributed by atoms with van der Waals surface area (Å²) in [6, 6.07) is 19.6. The van der Waals surface area contributed by atoms with Crippen molar-refractivity contribution in [3.63, 3.8) is 0 Å². The maximum atomic E-state index is 13.2. The smallest absolute Gasteiger partial charge is 0.207 e. The summed E-state index contributed by atoms with van der Waals surface area (Å²) in [6.07, 6.45) is 2.17. The Labute approximate surface area is 158 Å². The third kappa shape index (κ3) is 2.42. The highest BCUT2D eigenvalue weighted by Crippen LogP contribution is 2.45. The van der Waals surface area contributed by atoms with Gasteiger partial charge in [0.15, 0.2) is 0 Å². The second-order valence-electron chi connectivity index (χ2n) is 6.81. The zero-order chi connectivity index (χ0) is 17.7. The van der Waals surface area contributed by atoms with E-state index >= 15 is 0 Å². The Balaban J connectivity index is 1.64. The number of hydrogen-bond donors (Lipinski definition) is 0. The molecule has 0 saturated carbocycles. The van der Waals surface area contributed by atoms with Crippen molar-refractivity contribution >= 4 is 32.6 Å². The molecule has 1 heterocycles. The average Bonchev–Trinajstić information content (AvgIpc) is 3.32. The van der Waals surface area contributed by atoms with Gasteiger partial charge in [0.25, 0.3) is 0 Å². The molecule has 1 aliphatic carbocycles. The van der Waals surface area contributed by atoms with Crippen LogP contribution in [0.15, 0.2) is 65.6 Å². The molecule has 5 heteroatoms. The first-order valence-electron chi connectivity index (χ1n) is 8.88. The van der Waals surface area contributed by atoms with E-state index < -0.39 is 10.0 Å². The molecule has 1 unspecified atom stereocenters. The monoisotopic (exact) mass is 381 g/mol. The summed E-state index contributed by atoms with van der Waals surface area (Å²) < 4.78 is 28.1. The van der Waals surface area contributed by atoms with E-state index in [0.29, 0.717) is 11.4 Å². The topological polar surface area (TPSA) is 37.4 Å². The molecule has 0 amide bonds. The van der Waals surface area contributed by atoms with Crippen LogP contribution in [0, 0.1) is 0 Å². The van der Waals surface area contributed by atoms with Crippen LogP contribution in [0.4, 0.5) is 0 Å². The fourth-order valence-corrected chi connectivity index (χ4v) is 7.45.